The minimum absolute atomic E-state index is 0.218. The molecular weight excluding hydrogens is 335 g/mol. The molecule has 1 atom stereocenters. The van der Waals surface area contributed by atoms with Gasteiger partial charge in [0.05, 0.1) is 12.7 Å². The zero-order chi connectivity index (χ0) is 18.3. The summed E-state index contributed by atoms with van der Waals surface area (Å²) in [6.45, 7) is 6.02. The number of rotatable bonds is 9. The van der Waals surface area contributed by atoms with Gasteiger partial charge in [0.25, 0.3) is 0 Å². The topological polar surface area (TPSA) is 44.8 Å². The van der Waals surface area contributed by atoms with E-state index in [0.717, 1.165) is 12.0 Å². The second-order valence-corrected chi connectivity index (χ2v) is 7.84. The van der Waals surface area contributed by atoms with Crippen LogP contribution in [0.2, 0.25) is 0 Å². The third-order valence-corrected chi connectivity index (χ3v) is 5.48. The Balaban J connectivity index is 1.92. The van der Waals surface area contributed by atoms with Crippen LogP contribution in [0.5, 0.6) is 0 Å². The summed E-state index contributed by atoms with van der Waals surface area (Å²) in [5, 5.41) is 0. The van der Waals surface area contributed by atoms with Gasteiger partial charge in [0.2, 0.25) is 0 Å². The third-order valence-electron chi connectivity index (χ3n) is 3.85. The summed E-state index contributed by atoms with van der Waals surface area (Å²) in [5.41, 5.74) is 4.83. The normalized spacial score (nSPS) is 13.8. The van der Waals surface area contributed by atoms with Gasteiger partial charge in [0.15, 0.2) is 0 Å². The molecule has 2 aromatic rings. The fraction of sp³-hybridized carbons (Fsp3) is 0.400. The van der Waals surface area contributed by atoms with Crippen molar-refractivity contribution < 1.29 is 18.1 Å². The van der Waals surface area contributed by atoms with Crippen LogP contribution in [0.3, 0.4) is 0 Å². The monoisotopic (exact) mass is 362 g/mol. The smallest absolute Gasteiger partial charge is 0.290 e. The van der Waals surface area contributed by atoms with Crippen LogP contribution in [-0.4, -0.2) is 19.8 Å². The molecule has 0 fully saturated rings. The lowest BCUT2D eigenvalue weighted by Gasteiger charge is -2.18. The Morgan fingerprint density at radius 2 is 1.44 bits per heavy atom. The Hall–Kier alpha value is -1.45. The van der Waals surface area contributed by atoms with E-state index in [1.54, 1.807) is 13.8 Å². The molecule has 0 spiro atoms. The van der Waals surface area contributed by atoms with Crippen molar-refractivity contribution in [1.29, 1.82) is 0 Å². The Labute approximate surface area is 150 Å². The molecule has 4 nitrogen and oxygen atoms in total. The zero-order valence-electron chi connectivity index (χ0n) is 15.4. The summed E-state index contributed by atoms with van der Waals surface area (Å²) in [6.07, 6.45) is 1.47. The van der Waals surface area contributed by atoms with E-state index in [1.165, 1.54) is 23.8 Å². The number of hydrogen-bond donors (Lipinski definition) is 0. The maximum absolute atomic E-state index is 12.2. The summed E-state index contributed by atoms with van der Waals surface area (Å²) in [7, 11) is -2.12. The lowest BCUT2D eigenvalue weighted by atomic mass is 10.0. The minimum Gasteiger partial charge on any atom is -0.290 e. The largest absolute Gasteiger partial charge is 0.474 e. The molecule has 0 aromatic heterocycles. The predicted octanol–water partition coefficient (Wildman–Crippen LogP) is 5.65. The van der Waals surface area contributed by atoms with Crippen LogP contribution < -0.4 is 0 Å². The van der Waals surface area contributed by atoms with Crippen molar-refractivity contribution in [2.75, 3.05) is 13.7 Å². The van der Waals surface area contributed by atoms with Crippen LogP contribution in [0.25, 0.3) is 11.1 Å². The Morgan fingerprint density at radius 1 is 0.920 bits per heavy atom. The highest BCUT2D eigenvalue weighted by molar-refractivity contribution is 7.48. The zero-order valence-corrected chi connectivity index (χ0v) is 16.3. The average molecular weight is 362 g/mol. The van der Waals surface area contributed by atoms with Gasteiger partial charge in [-0.05, 0) is 48.9 Å². The minimum atomic E-state index is -3.46. The Bertz CT molecular complexity index is 693. The van der Waals surface area contributed by atoms with Crippen molar-refractivity contribution in [2.24, 2.45) is 0 Å². The van der Waals surface area contributed by atoms with E-state index in [1.807, 2.05) is 0 Å². The predicted molar refractivity (Wildman–Crippen MR) is 102 cm³/mol. The maximum Gasteiger partial charge on any atom is 0.474 e. The lowest BCUT2D eigenvalue weighted by Crippen LogP contribution is -2.06. The fourth-order valence-corrected chi connectivity index (χ4v) is 3.54. The van der Waals surface area contributed by atoms with E-state index in [0.29, 0.717) is 6.42 Å². The average Bonchev–Trinajstić information content (AvgIpc) is 2.62. The molecule has 0 radical (unpaired) electrons. The number of phosphoric acid groups is 1. The van der Waals surface area contributed by atoms with Gasteiger partial charge in [0.1, 0.15) is 0 Å². The van der Waals surface area contributed by atoms with Gasteiger partial charge in [-0.2, -0.15) is 0 Å². The third kappa shape index (κ3) is 6.09. The number of phosphoric ester groups is 1. The lowest BCUT2D eigenvalue weighted by molar-refractivity contribution is 0.106. The van der Waals surface area contributed by atoms with Crippen molar-refractivity contribution in [3.63, 3.8) is 0 Å². The second-order valence-electron chi connectivity index (χ2n) is 6.11. The molecule has 136 valence electrons. The second kappa shape index (κ2) is 9.30. The highest BCUT2D eigenvalue weighted by atomic mass is 31.2. The van der Waals surface area contributed by atoms with Gasteiger partial charge in [0, 0.05) is 7.11 Å². The van der Waals surface area contributed by atoms with E-state index < -0.39 is 7.82 Å². The van der Waals surface area contributed by atoms with Gasteiger partial charge in [-0.15, -0.1) is 0 Å². The highest BCUT2D eigenvalue weighted by Gasteiger charge is 2.26. The molecule has 0 saturated carbocycles. The molecule has 25 heavy (non-hydrogen) atoms. The molecule has 2 rings (SSSR count). The molecule has 0 bridgehead atoms. The van der Waals surface area contributed by atoms with Crippen molar-refractivity contribution >= 4 is 7.82 Å². The van der Waals surface area contributed by atoms with Crippen LogP contribution in [0.1, 0.15) is 31.9 Å². The molecule has 0 saturated heterocycles. The molecule has 0 amide bonds. The van der Waals surface area contributed by atoms with Crippen molar-refractivity contribution in [3.05, 3.63) is 59.7 Å². The standard InChI is InChI=1S/C20H27O4P/c1-5-17-6-10-19(11-7-17)20-12-8-18(9-13-20)14-15-23-25(21,22-4)24-16(2)3/h6-13,16H,5,14-15H2,1-4H3. The molecule has 1 unspecified atom stereocenters. The first-order chi connectivity index (χ1) is 12.0. The summed E-state index contributed by atoms with van der Waals surface area (Å²) >= 11 is 0. The Morgan fingerprint density at radius 3 is 1.88 bits per heavy atom. The molecular formula is C20H27O4P. The SMILES string of the molecule is CCc1ccc(-c2ccc(CCOP(=O)(OC)OC(C)C)cc2)cc1. The van der Waals surface area contributed by atoms with Gasteiger partial charge in [-0.25, -0.2) is 4.57 Å². The van der Waals surface area contributed by atoms with Gasteiger partial charge >= 0.3 is 7.82 Å². The maximum atomic E-state index is 12.2. The van der Waals surface area contributed by atoms with Gasteiger partial charge in [-0.3, -0.25) is 13.6 Å². The van der Waals surface area contributed by atoms with E-state index in [4.69, 9.17) is 13.6 Å². The fourth-order valence-electron chi connectivity index (χ4n) is 2.46. The first kappa shape index (κ1) is 19.9. The summed E-state index contributed by atoms with van der Waals surface area (Å²) < 4.78 is 27.7. The molecule has 0 aliphatic heterocycles. The van der Waals surface area contributed by atoms with Crippen LogP contribution in [0.15, 0.2) is 48.5 Å². The molecule has 2 aromatic carbocycles. The first-order valence-corrected chi connectivity index (χ1v) is 10.1. The Kier molecular flexibility index (Phi) is 7.39. The van der Waals surface area contributed by atoms with Gasteiger partial charge in [-0.1, -0.05) is 55.5 Å². The van der Waals surface area contributed by atoms with E-state index in [9.17, 15) is 4.57 Å². The van der Waals surface area contributed by atoms with E-state index >= 15 is 0 Å². The molecule has 5 heteroatoms. The molecule has 0 aliphatic rings. The van der Waals surface area contributed by atoms with Crippen LogP contribution in [-0.2, 0) is 31.0 Å². The quantitative estimate of drug-likeness (QED) is 0.540. The van der Waals surface area contributed by atoms with Crippen LogP contribution in [0, 0.1) is 0 Å². The molecule has 0 heterocycles. The van der Waals surface area contributed by atoms with E-state index in [-0.39, 0.29) is 12.7 Å². The molecule has 0 aliphatic carbocycles. The first-order valence-electron chi connectivity index (χ1n) is 8.62. The number of hydrogen-bond acceptors (Lipinski definition) is 4. The number of aryl methyl sites for hydroxylation is 1. The molecule has 0 N–H and O–H groups in total. The van der Waals surface area contributed by atoms with Crippen molar-refractivity contribution in [3.8, 4) is 11.1 Å². The van der Waals surface area contributed by atoms with Crippen molar-refractivity contribution in [1.82, 2.24) is 0 Å². The summed E-state index contributed by atoms with van der Waals surface area (Å²) in [5.74, 6) is 0. The van der Waals surface area contributed by atoms with E-state index in [2.05, 4.69) is 55.5 Å². The number of benzene rings is 2. The highest BCUT2D eigenvalue weighted by Crippen LogP contribution is 2.49. The van der Waals surface area contributed by atoms with Crippen molar-refractivity contribution in [2.45, 2.75) is 39.7 Å². The van der Waals surface area contributed by atoms with Crippen LogP contribution >= 0.6 is 7.82 Å². The van der Waals surface area contributed by atoms with Crippen LogP contribution in [0.4, 0.5) is 0 Å². The van der Waals surface area contributed by atoms with Gasteiger partial charge < -0.3 is 0 Å². The summed E-state index contributed by atoms with van der Waals surface area (Å²) in [6, 6.07) is 16.9. The summed E-state index contributed by atoms with van der Waals surface area (Å²) in [4.78, 5) is 0.